The third-order valence-electron chi connectivity index (χ3n) is 3.56. The maximum absolute atomic E-state index is 5.87. The van der Waals surface area contributed by atoms with Crippen LogP contribution < -0.4 is 5.73 Å². The average molecular weight is 214 g/mol. The second kappa shape index (κ2) is 6.46. The zero-order valence-corrected chi connectivity index (χ0v) is 10.4. The molecule has 0 aromatic carbocycles. The van der Waals surface area contributed by atoms with Gasteiger partial charge in [0.05, 0.1) is 6.10 Å². The highest BCUT2D eigenvalue weighted by atomic mass is 16.5. The van der Waals surface area contributed by atoms with E-state index < -0.39 is 0 Å². The Kier molecular flexibility index (Phi) is 5.58. The number of rotatable bonds is 6. The van der Waals surface area contributed by atoms with Crippen LogP contribution in [0.2, 0.25) is 0 Å². The van der Waals surface area contributed by atoms with Crippen molar-refractivity contribution in [3.63, 3.8) is 0 Å². The van der Waals surface area contributed by atoms with Gasteiger partial charge in [-0.1, -0.05) is 13.3 Å². The summed E-state index contributed by atoms with van der Waals surface area (Å²) in [7, 11) is 2.18. The summed E-state index contributed by atoms with van der Waals surface area (Å²) in [5, 5.41) is 0. The fraction of sp³-hybridized carbons (Fsp3) is 1.00. The van der Waals surface area contributed by atoms with Crippen molar-refractivity contribution in [3.8, 4) is 0 Å². The molecule has 1 rings (SSSR count). The number of hydrogen-bond donors (Lipinski definition) is 1. The third-order valence-corrected chi connectivity index (χ3v) is 3.56. The van der Waals surface area contributed by atoms with Gasteiger partial charge in [-0.15, -0.1) is 0 Å². The van der Waals surface area contributed by atoms with Crippen LogP contribution in [0.5, 0.6) is 0 Å². The van der Waals surface area contributed by atoms with Gasteiger partial charge in [-0.2, -0.15) is 0 Å². The van der Waals surface area contributed by atoms with E-state index in [1.54, 1.807) is 0 Å². The molecule has 0 aliphatic carbocycles. The molecule has 3 atom stereocenters. The molecule has 2 N–H and O–H groups in total. The topological polar surface area (TPSA) is 38.5 Å². The number of likely N-dealkylation sites (N-methyl/N-ethyl adjacent to an activating group) is 1. The van der Waals surface area contributed by atoms with Crippen molar-refractivity contribution in [2.75, 3.05) is 20.2 Å². The van der Waals surface area contributed by atoms with Crippen molar-refractivity contribution in [3.05, 3.63) is 0 Å². The standard InChI is InChI=1S/C12H26N2O/c1-4-6-10(2)14(3)11(9-13)12-7-5-8-15-12/h10-12H,4-9,13H2,1-3H3. The molecule has 3 nitrogen and oxygen atoms in total. The van der Waals surface area contributed by atoms with Gasteiger partial charge >= 0.3 is 0 Å². The Labute approximate surface area is 94.0 Å². The lowest BCUT2D eigenvalue weighted by atomic mass is 10.0. The molecule has 1 aliphatic heterocycles. The average Bonchev–Trinajstić information content (AvgIpc) is 2.72. The van der Waals surface area contributed by atoms with Gasteiger partial charge in [0.25, 0.3) is 0 Å². The Bertz CT molecular complexity index is 169. The molecule has 3 unspecified atom stereocenters. The zero-order chi connectivity index (χ0) is 11.3. The quantitative estimate of drug-likeness (QED) is 0.730. The summed E-state index contributed by atoms with van der Waals surface area (Å²) in [4.78, 5) is 2.40. The van der Waals surface area contributed by atoms with Crippen LogP contribution in [0.1, 0.15) is 39.5 Å². The van der Waals surface area contributed by atoms with E-state index in [-0.39, 0.29) is 0 Å². The van der Waals surface area contributed by atoms with Gasteiger partial charge in [0.15, 0.2) is 0 Å². The molecule has 0 spiro atoms. The minimum absolute atomic E-state index is 0.360. The van der Waals surface area contributed by atoms with Crippen molar-refractivity contribution in [1.29, 1.82) is 0 Å². The highest BCUT2D eigenvalue weighted by Gasteiger charge is 2.29. The van der Waals surface area contributed by atoms with Crippen LogP contribution in [-0.2, 0) is 4.74 Å². The van der Waals surface area contributed by atoms with Gasteiger partial charge in [-0.25, -0.2) is 0 Å². The lowest BCUT2D eigenvalue weighted by Gasteiger charge is -2.35. The number of ether oxygens (including phenoxy) is 1. The lowest BCUT2D eigenvalue weighted by Crippen LogP contribution is -2.49. The molecular formula is C12H26N2O. The summed E-state index contributed by atoms with van der Waals surface area (Å²) >= 11 is 0. The molecule has 1 fully saturated rings. The molecule has 1 saturated heterocycles. The minimum Gasteiger partial charge on any atom is -0.377 e. The van der Waals surface area contributed by atoms with Crippen LogP contribution >= 0.6 is 0 Å². The molecule has 1 heterocycles. The van der Waals surface area contributed by atoms with E-state index in [1.165, 1.54) is 25.7 Å². The normalized spacial score (nSPS) is 25.8. The first-order valence-corrected chi connectivity index (χ1v) is 6.24. The zero-order valence-electron chi connectivity index (χ0n) is 10.4. The van der Waals surface area contributed by atoms with E-state index in [0.717, 1.165) is 6.61 Å². The minimum atomic E-state index is 0.360. The molecule has 3 heteroatoms. The van der Waals surface area contributed by atoms with Gasteiger partial charge in [0.1, 0.15) is 0 Å². The van der Waals surface area contributed by atoms with Crippen LogP contribution in [0, 0.1) is 0 Å². The van der Waals surface area contributed by atoms with Crippen molar-refractivity contribution >= 4 is 0 Å². The molecule has 15 heavy (non-hydrogen) atoms. The molecule has 0 saturated carbocycles. The Morgan fingerprint density at radius 3 is 2.73 bits per heavy atom. The summed E-state index contributed by atoms with van der Waals surface area (Å²) in [5.74, 6) is 0. The Balaban J connectivity index is 2.48. The van der Waals surface area contributed by atoms with Crippen LogP contribution in [0.15, 0.2) is 0 Å². The molecule has 0 aromatic heterocycles. The summed E-state index contributed by atoms with van der Waals surface area (Å²) in [6.07, 6.45) is 5.19. The largest absolute Gasteiger partial charge is 0.377 e. The summed E-state index contributed by atoms with van der Waals surface area (Å²) in [6.45, 7) is 6.13. The van der Waals surface area contributed by atoms with Crippen molar-refractivity contribution < 1.29 is 4.74 Å². The Morgan fingerprint density at radius 1 is 1.53 bits per heavy atom. The Morgan fingerprint density at radius 2 is 2.27 bits per heavy atom. The number of nitrogens with two attached hydrogens (primary N) is 1. The SMILES string of the molecule is CCCC(C)N(C)C(CN)C1CCCO1. The summed E-state index contributed by atoms with van der Waals surface area (Å²) in [5.41, 5.74) is 5.87. The fourth-order valence-corrected chi connectivity index (χ4v) is 2.43. The second-order valence-electron chi connectivity index (χ2n) is 4.66. The predicted molar refractivity (Wildman–Crippen MR) is 63.9 cm³/mol. The third kappa shape index (κ3) is 3.44. The molecule has 0 aromatic rings. The van der Waals surface area contributed by atoms with Crippen molar-refractivity contribution in [1.82, 2.24) is 4.90 Å². The molecular weight excluding hydrogens is 188 g/mol. The first-order valence-electron chi connectivity index (χ1n) is 6.24. The summed E-state index contributed by atoms with van der Waals surface area (Å²) in [6, 6.07) is 1.00. The van der Waals surface area contributed by atoms with E-state index in [1.807, 2.05) is 0 Å². The van der Waals surface area contributed by atoms with Crippen molar-refractivity contribution in [2.45, 2.75) is 57.7 Å². The van der Waals surface area contributed by atoms with E-state index in [9.17, 15) is 0 Å². The smallest absolute Gasteiger partial charge is 0.0743 e. The summed E-state index contributed by atoms with van der Waals surface area (Å²) < 4.78 is 5.73. The second-order valence-corrected chi connectivity index (χ2v) is 4.66. The number of hydrogen-bond acceptors (Lipinski definition) is 3. The van der Waals surface area contributed by atoms with E-state index in [4.69, 9.17) is 10.5 Å². The van der Waals surface area contributed by atoms with Crippen LogP contribution in [0.4, 0.5) is 0 Å². The van der Waals surface area contributed by atoms with E-state index in [0.29, 0.717) is 24.7 Å². The van der Waals surface area contributed by atoms with Crippen LogP contribution in [0.3, 0.4) is 0 Å². The Hall–Kier alpha value is -0.120. The van der Waals surface area contributed by atoms with Gasteiger partial charge in [-0.3, -0.25) is 4.90 Å². The molecule has 0 bridgehead atoms. The predicted octanol–water partition coefficient (Wildman–Crippen LogP) is 1.61. The molecule has 90 valence electrons. The van der Waals surface area contributed by atoms with Gasteiger partial charge in [-0.05, 0) is 33.2 Å². The first-order chi connectivity index (χ1) is 7.20. The monoisotopic (exact) mass is 214 g/mol. The van der Waals surface area contributed by atoms with Gasteiger partial charge < -0.3 is 10.5 Å². The number of nitrogens with zero attached hydrogens (tertiary/aromatic N) is 1. The fourth-order valence-electron chi connectivity index (χ4n) is 2.43. The van der Waals surface area contributed by atoms with Gasteiger partial charge in [0, 0.05) is 25.2 Å². The molecule has 1 aliphatic rings. The van der Waals surface area contributed by atoms with Crippen LogP contribution in [-0.4, -0.2) is 43.3 Å². The molecule has 0 amide bonds. The maximum Gasteiger partial charge on any atom is 0.0743 e. The maximum atomic E-state index is 5.87. The van der Waals surface area contributed by atoms with Crippen molar-refractivity contribution in [2.24, 2.45) is 5.73 Å². The lowest BCUT2D eigenvalue weighted by molar-refractivity contribution is 0.0224. The highest BCUT2D eigenvalue weighted by molar-refractivity contribution is 4.84. The van der Waals surface area contributed by atoms with Gasteiger partial charge in [0.2, 0.25) is 0 Å². The van der Waals surface area contributed by atoms with Crippen LogP contribution in [0.25, 0.3) is 0 Å². The molecule has 0 radical (unpaired) electrons. The van der Waals surface area contributed by atoms with E-state index in [2.05, 4.69) is 25.8 Å². The van der Waals surface area contributed by atoms with E-state index >= 15 is 0 Å². The highest BCUT2D eigenvalue weighted by Crippen LogP contribution is 2.20. The first kappa shape index (κ1) is 12.9.